The molecule has 1 heterocycles. The SMILES string of the molecule is C=C/C=C\C(=C/C)C(CC(C)(CC(C)(C)CC(C)C)c1ccccc1)C(C)NON1C(C)(C)CCCC1(C)C.C=CCCC.CC.CCCC. The fraction of sp³-hybridized carbons (Fsp3) is 0.702. The van der Waals surface area contributed by atoms with E-state index in [4.69, 9.17) is 4.94 Å². The third-order valence-electron chi connectivity index (χ3n) is 9.76. The number of hydrogen-bond donors (Lipinski definition) is 1. The van der Waals surface area contributed by atoms with Gasteiger partial charge in [0.15, 0.2) is 0 Å². The van der Waals surface area contributed by atoms with E-state index < -0.39 is 0 Å². The molecule has 3 heteroatoms. The van der Waals surface area contributed by atoms with Gasteiger partial charge in [0.1, 0.15) is 0 Å². The summed E-state index contributed by atoms with van der Waals surface area (Å²) in [5.41, 5.74) is 6.48. The minimum absolute atomic E-state index is 0.000200. The summed E-state index contributed by atoms with van der Waals surface area (Å²) in [6.07, 6.45) is 22.2. The van der Waals surface area contributed by atoms with Crippen LogP contribution in [0.5, 0.6) is 0 Å². The Kier molecular flexibility index (Phi) is 26.0. The number of allylic oxidation sites excluding steroid dienone is 5. The van der Waals surface area contributed by atoms with Crippen molar-refractivity contribution < 1.29 is 4.94 Å². The first-order chi connectivity index (χ1) is 23.4. The fourth-order valence-corrected chi connectivity index (χ4v) is 7.69. The first-order valence-electron chi connectivity index (χ1n) is 20.2. The number of hydrogen-bond acceptors (Lipinski definition) is 3. The minimum Gasteiger partial charge on any atom is -0.210 e. The van der Waals surface area contributed by atoms with E-state index >= 15 is 0 Å². The molecule has 1 aromatic rings. The zero-order valence-corrected chi connectivity index (χ0v) is 36.3. The number of hydroxylamine groups is 3. The summed E-state index contributed by atoms with van der Waals surface area (Å²) in [5.74, 6) is 0.921. The van der Waals surface area contributed by atoms with Crippen LogP contribution >= 0.6 is 0 Å². The maximum absolute atomic E-state index is 6.54. The Balaban J connectivity index is 0. The maximum atomic E-state index is 6.54. The van der Waals surface area contributed by atoms with Crippen molar-refractivity contribution in [2.75, 3.05) is 0 Å². The molecule has 1 aliphatic rings. The van der Waals surface area contributed by atoms with Gasteiger partial charge in [0, 0.05) is 23.0 Å². The highest BCUT2D eigenvalue weighted by atomic mass is 16.8. The van der Waals surface area contributed by atoms with E-state index in [2.05, 4.69) is 169 Å². The number of unbranched alkanes of at least 4 members (excludes halogenated alkanes) is 2. The Bertz CT molecular complexity index is 1050. The lowest BCUT2D eigenvalue weighted by Gasteiger charge is -2.51. The van der Waals surface area contributed by atoms with E-state index in [1.165, 1.54) is 43.2 Å². The molecule has 3 nitrogen and oxygen atoms in total. The molecular formula is C47H86N2O. The van der Waals surface area contributed by atoms with E-state index in [-0.39, 0.29) is 33.9 Å². The largest absolute Gasteiger partial charge is 0.210 e. The summed E-state index contributed by atoms with van der Waals surface area (Å²) in [7, 11) is 0. The molecule has 1 saturated heterocycles. The molecule has 3 unspecified atom stereocenters. The molecule has 50 heavy (non-hydrogen) atoms. The van der Waals surface area contributed by atoms with Crippen LogP contribution in [0.25, 0.3) is 0 Å². The van der Waals surface area contributed by atoms with Gasteiger partial charge in [-0.3, -0.25) is 0 Å². The number of benzene rings is 1. The molecule has 1 N–H and O–H groups in total. The van der Waals surface area contributed by atoms with Crippen LogP contribution in [0.1, 0.15) is 181 Å². The average molecular weight is 695 g/mol. The van der Waals surface area contributed by atoms with E-state index in [0.29, 0.717) is 5.92 Å². The first kappa shape index (κ1) is 50.2. The van der Waals surface area contributed by atoms with Crippen molar-refractivity contribution in [2.45, 2.75) is 198 Å². The molecule has 3 atom stereocenters. The van der Waals surface area contributed by atoms with Gasteiger partial charge >= 0.3 is 0 Å². The fourth-order valence-electron chi connectivity index (χ4n) is 7.69. The monoisotopic (exact) mass is 695 g/mol. The molecule has 1 aliphatic heterocycles. The van der Waals surface area contributed by atoms with Crippen LogP contribution in [0, 0.1) is 17.3 Å². The zero-order valence-electron chi connectivity index (χ0n) is 36.3. The standard InChI is InChI=1S/C36H60N2O.C5H10.C4H10.C2H6/c1-13-15-20-30(14-2)32(29(5)37-39-38-34(8,9)23-19-24-35(38,10)11)26-36(12,31-21-17-16-18-22-31)27-33(6,7)25-28(3)4;1-3-5-4-2;1-3-4-2;1-2/h13-18,20-22,28-29,32,37H,1,19,23-27H2,2-12H3;3H,1,4-5H2,2H3;3-4H2,1-2H3;1-2H3/b20-15-,30-14+;;;. The predicted octanol–water partition coefficient (Wildman–Crippen LogP) is 14.8. The summed E-state index contributed by atoms with van der Waals surface area (Å²) in [6.45, 7) is 43.7. The van der Waals surface area contributed by atoms with Gasteiger partial charge in [-0.2, -0.15) is 10.5 Å². The van der Waals surface area contributed by atoms with Crippen molar-refractivity contribution in [1.29, 1.82) is 0 Å². The molecule has 2 rings (SSSR count). The van der Waals surface area contributed by atoms with Crippen LogP contribution in [0.3, 0.4) is 0 Å². The van der Waals surface area contributed by atoms with Gasteiger partial charge < -0.3 is 0 Å². The highest BCUT2D eigenvalue weighted by Gasteiger charge is 2.44. The van der Waals surface area contributed by atoms with E-state index in [1.54, 1.807) is 0 Å². The van der Waals surface area contributed by atoms with Gasteiger partial charge in [0.25, 0.3) is 0 Å². The summed E-state index contributed by atoms with van der Waals surface area (Å²) >= 11 is 0. The lowest BCUT2D eigenvalue weighted by molar-refractivity contribution is -0.320. The lowest BCUT2D eigenvalue weighted by Crippen LogP contribution is -2.60. The second-order valence-corrected chi connectivity index (χ2v) is 16.9. The van der Waals surface area contributed by atoms with Crippen molar-refractivity contribution in [2.24, 2.45) is 17.3 Å². The molecule has 0 aromatic heterocycles. The Morgan fingerprint density at radius 3 is 1.84 bits per heavy atom. The second-order valence-electron chi connectivity index (χ2n) is 16.9. The number of nitrogens with one attached hydrogen (secondary N) is 1. The summed E-state index contributed by atoms with van der Waals surface area (Å²) < 4.78 is 0. The molecule has 1 fully saturated rings. The average Bonchev–Trinajstić information content (AvgIpc) is 3.05. The van der Waals surface area contributed by atoms with E-state index in [0.717, 1.165) is 32.1 Å². The van der Waals surface area contributed by atoms with Gasteiger partial charge in [0.05, 0.1) is 0 Å². The summed E-state index contributed by atoms with van der Waals surface area (Å²) in [6, 6.07) is 11.3. The number of rotatable bonds is 17. The summed E-state index contributed by atoms with van der Waals surface area (Å²) in [5, 5.41) is 2.22. The Labute approximate surface area is 314 Å². The van der Waals surface area contributed by atoms with Crippen molar-refractivity contribution in [3.8, 4) is 0 Å². The highest BCUT2D eigenvalue weighted by Crippen LogP contribution is 2.46. The van der Waals surface area contributed by atoms with Gasteiger partial charge in [0.2, 0.25) is 0 Å². The highest BCUT2D eigenvalue weighted by molar-refractivity contribution is 5.30. The first-order valence-corrected chi connectivity index (χ1v) is 20.2. The summed E-state index contributed by atoms with van der Waals surface area (Å²) in [4.78, 5) is 6.54. The predicted molar refractivity (Wildman–Crippen MR) is 227 cm³/mol. The van der Waals surface area contributed by atoms with E-state index in [1.807, 2.05) is 26.0 Å². The second kappa shape index (κ2) is 25.9. The topological polar surface area (TPSA) is 24.5 Å². The van der Waals surface area contributed by atoms with E-state index in [9.17, 15) is 0 Å². The van der Waals surface area contributed by atoms with Crippen LogP contribution in [0.15, 0.2) is 79.4 Å². The molecule has 290 valence electrons. The third kappa shape index (κ3) is 19.1. The number of nitrogens with zero attached hydrogens (tertiary/aromatic N) is 1. The molecule has 0 spiro atoms. The van der Waals surface area contributed by atoms with Crippen LogP contribution in [-0.4, -0.2) is 22.2 Å². The van der Waals surface area contributed by atoms with Gasteiger partial charge in [-0.05, 0) is 114 Å². The van der Waals surface area contributed by atoms with Crippen molar-refractivity contribution in [3.63, 3.8) is 0 Å². The maximum Gasteiger partial charge on any atom is 0.0431 e. The Morgan fingerprint density at radius 1 is 0.900 bits per heavy atom. The third-order valence-corrected chi connectivity index (χ3v) is 9.76. The number of piperidine rings is 1. The Hall–Kier alpha value is -1.94. The molecule has 0 bridgehead atoms. The molecule has 0 radical (unpaired) electrons. The quantitative estimate of drug-likeness (QED) is 0.0998. The smallest absolute Gasteiger partial charge is 0.0431 e. The zero-order chi connectivity index (χ0) is 39.0. The normalized spacial score (nSPS) is 18.3. The van der Waals surface area contributed by atoms with Crippen LogP contribution in [0.4, 0.5) is 0 Å². The molecular weight excluding hydrogens is 609 g/mol. The van der Waals surface area contributed by atoms with Crippen molar-refractivity contribution >= 4 is 0 Å². The molecule has 1 aromatic carbocycles. The van der Waals surface area contributed by atoms with Crippen molar-refractivity contribution in [3.05, 3.63) is 85.0 Å². The minimum atomic E-state index is -0.0183. The molecule has 0 aliphatic carbocycles. The van der Waals surface area contributed by atoms with Crippen LogP contribution < -0.4 is 5.48 Å². The van der Waals surface area contributed by atoms with Crippen molar-refractivity contribution in [1.82, 2.24) is 10.5 Å². The van der Waals surface area contributed by atoms with Gasteiger partial charge in [-0.25, -0.2) is 4.94 Å². The molecule has 0 saturated carbocycles. The van der Waals surface area contributed by atoms with Crippen LogP contribution in [0.2, 0.25) is 0 Å². The van der Waals surface area contributed by atoms with Gasteiger partial charge in [-0.1, -0.05) is 156 Å². The lowest BCUT2D eigenvalue weighted by atomic mass is 9.63. The van der Waals surface area contributed by atoms with Crippen LogP contribution in [-0.2, 0) is 10.4 Å². The van der Waals surface area contributed by atoms with Gasteiger partial charge in [-0.15, -0.1) is 6.58 Å². The Morgan fingerprint density at radius 2 is 1.44 bits per heavy atom. The molecule has 0 amide bonds.